The van der Waals surface area contributed by atoms with Crippen molar-refractivity contribution in [3.8, 4) is 0 Å². The number of ether oxygens (including phenoxy) is 1. The lowest BCUT2D eigenvalue weighted by atomic mass is 10.1. The summed E-state index contributed by atoms with van der Waals surface area (Å²) in [6.45, 7) is 9.90. The van der Waals surface area contributed by atoms with Gasteiger partial charge in [0.15, 0.2) is 5.13 Å². The van der Waals surface area contributed by atoms with Crippen LogP contribution < -0.4 is 9.80 Å². The number of rotatable bonds is 8. The number of quaternary nitrogens is 1. The zero-order valence-electron chi connectivity index (χ0n) is 15.9. The molecular weight excluding hydrogens is 346 g/mol. The van der Waals surface area contributed by atoms with Crippen molar-refractivity contribution in [3.05, 3.63) is 23.8 Å². The van der Waals surface area contributed by atoms with Crippen LogP contribution in [0.15, 0.2) is 18.2 Å². The SMILES string of the molecule is CCCC(=O)N(CCC[NH+]1CCOCC1)c1nc2c(CC)cccc2s1. The number of aryl methyl sites for hydroxylation is 1. The molecule has 2 heterocycles. The molecule has 0 radical (unpaired) electrons. The second kappa shape index (κ2) is 9.44. The highest BCUT2D eigenvalue weighted by Gasteiger charge is 2.21. The van der Waals surface area contributed by atoms with Gasteiger partial charge in [0.05, 0.1) is 30.0 Å². The predicted molar refractivity (Wildman–Crippen MR) is 107 cm³/mol. The third-order valence-corrected chi connectivity index (χ3v) is 6.02. The van der Waals surface area contributed by atoms with E-state index in [0.29, 0.717) is 6.42 Å². The summed E-state index contributed by atoms with van der Waals surface area (Å²) in [7, 11) is 0. The first-order chi connectivity index (χ1) is 12.7. The highest BCUT2D eigenvalue weighted by atomic mass is 32.1. The Morgan fingerprint density at radius 2 is 2.12 bits per heavy atom. The van der Waals surface area contributed by atoms with E-state index < -0.39 is 0 Å². The number of nitrogens with one attached hydrogen (secondary N) is 1. The summed E-state index contributed by atoms with van der Waals surface area (Å²) >= 11 is 1.64. The van der Waals surface area contributed by atoms with Crippen molar-refractivity contribution in [2.75, 3.05) is 44.3 Å². The number of hydrogen-bond acceptors (Lipinski definition) is 4. The molecule has 26 heavy (non-hydrogen) atoms. The smallest absolute Gasteiger partial charge is 0.228 e. The van der Waals surface area contributed by atoms with Crippen LogP contribution >= 0.6 is 11.3 Å². The van der Waals surface area contributed by atoms with Crippen LogP contribution in [0.2, 0.25) is 0 Å². The molecule has 0 aliphatic carbocycles. The molecule has 1 amide bonds. The average Bonchev–Trinajstić information content (AvgIpc) is 3.10. The fourth-order valence-electron chi connectivity index (χ4n) is 3.47. The quantitative estimate of drug-likeness (QED) is 0.769. The topological polar surface area (TPSA) is 46.9 Å². The summed E-state index contributed by atoms with van der Waals surface area (Å²) in [6, 6.07) is 6.32. The Bertz CT molecular complexity index is 725. The Hall–Kier alpha value is -1.50. The van der Waals surface area contributed by atoms with Crippen LogP contribution in [0.4, 0.5) is 5.13 Å². The fourth-order valence-corrected chi connectivity index (χ4v) is 4.52. The Kier molecular flexibility index (Phi) is 7.00. The molecule has 0 unspecified atom stereocenters. The number of thiazole rings is 1. The van der Waals surface area contributed by atoms with E-state index in [1.165, 1.54) is 10.3 Å². The van der Waals surface area contributed by atoms with Crippen LogP contribution in [0.1, 0.15) is 38.7 Å². The minimum Gasteiger partial charge on any atom is -0.370 e. The lowest BCUT2D eigenvalue weighted by Gasteiger charge is -2.25. The van der Waals surface area contributed by atoms with Crippen LogP contribution in [-0.2, 0) is 16.0 Å². The van der Waals surface area contributed by atoms with Gasteiger partial charge in [0.25, 0.3) is 0 Å². The van der Waals surface area contributed by atoms with Crippen LogP contribution in [0.3, 0.4) is 0 Å². The third kappa shape index (κ3) is 4.61. The van der Waals surface area contributed by atoms with Crippen molar-refractivity contribution in [1.29, 1.82) is 0 Å². The Balaban J connectivity index is 1.74. The van der Waals surface area contributed by atoms with Gasteiger partial charge in [-0.25, -0.2) is 4.98 Å². The van der Waals surface area contributed by atoms with Crippen molar-refractivity contribution >= 4 is 32.6 Å². The highest BCUT2D eigenvalue weighted by molar-refractivity contribution is 7.22. The first kappa shape index (κ1) is 19.3. The summed E-state index contributed by atoms with van der Waals surface area (Å²) in [6.07, 6.45) is 3.42. The molecule has 1 fully saturated rings. The number of para-hydroxylation sites is 1. The molecule has 5 nitrogen and oxygen atoms in total. The zero-order valence-corrected chi connectivity index (χ0v) is 16.7. The van der Waals surface area contributed by atoms with Crippen LogP contribution in [0.25, 0.3) is 10.2 Å². The molecule has 6 heteroatoms. The number of benzene rings is 1. The first-order valence-electron chi connectivity index (χ1n) is 9.83. The van der Waals surface area contributed by atoms with Crippen molar-refractivity contribution in [2.24, 2.45) is 0 Å². The van der Waals surface area contributed by atoms with Gasteiger partial charge in [0, 0.05) is 19.4 Å². The number of anilines is 1. The lowest BCUT2D eigenvalue weighted by Crippen LogP contribution is -3.14. The minimum absolute atomic E-state index is 0.196. The van der Waals surface area contributed by atoms with Crippen LogP contribution in [-0.4, -0.2) is 50.3 Å². The Labute approximate surface area is 160 Å². The molecule has 1 aromatic heterocycles. The molecule has 1 saturated heterocycles. The van der Waals surface area contributed by atoms with E-state index in [0.717, 1.165) is 69.3 Å². The van der Waals surface area contributed by atoms with Gasteiger partial charge in [-0.05, 0) is 24.5 Å². The Morgan fingerprint density at radius 1 is 1.31 bits per heavy atom. The van der Waals surface area contributed by atoms with Crippen molar-refractivity contribution in [1.82, 2.24) is 4.98 Å². The third-order valence-electron chi connectivity index (χ3n) is 4.98. The fraction of sp³-hybridized carbons (Fsp3) is 0.600. The molecule has 2 aromatic rings. The summed E-state index contributed by atoms with van der Waals surface area (Å²) in [5.74, 6) is 0.196. The van der Waals surface area contributed by atoms with Crippen LogP contribution in [0.5, 0.6) is 0 Å². The van der Waals surface area contributed by atoms with Gasteiger partial charge >= 0.3 is 0 Å². The van der Waals surface area contributed by atoms with E-state index in [9.17, 15) is 4.79 Å². The van der Waals surface area contributed by atoms with Crippen molar-refractivity contribution in [3.63, 3.8) is 0 Å². The number of carbonyl (C=O) groups excluding carboxylic acids is 1. The van der Waals surface area contributed by atoms with E-state index in [2.05, 4.69) is 32.0 Å². The summed E-state index contributed by atoms with van der Waals surface area (Å²) in [4.78, 5) is 21.1. The molecular formula is C20H30N3O2S+. The molecule has 0 atom stereocenters. The van der Waals surface area contributed by atoms with Gasteiger partial charge < -0.3 is 9.64 Å². The van der Waals surface area contributed by atoms with Gasteiger partial charge in [-0.1, -0.05) is 37.3 Å². The average molecular weight is 377 g/mol. The number of fused-ring (bicyclic) bond motifs is 1. The number of amides is 1. The second-order valence-corrected chi connectivity index (χ2v) is 7.88. The standard InChI is InChI=1S/C20H29N3O2S/c1-3-7-18(24)23(11-6-10-22-12-14-25-15-13-22)20-21-19-16(4-2)8-5-9-17(19)26-20/h5,8-9H,3-4,6-7,10-15H2,1-2H3/p+1. The van der Waals surface area contributed by atoms with E-state index in [1.54, 1.807) is 16.2 Å². The van der Waals surface area contributed by atoms with E-state index in [4.69, 9.17) is 9.72 Å². The number of aromatic nitrogens is 1. The van der Waals surface area contributed by atoms with Crippen LogP contribution in [0, 0.1) is 0 Å². The Morgan fingerprint density at radius 3 is 2.85 bits per heavy atom. The van der Waals surface area contributed by atoms with Gasteiger partial charge in [0.1, 0.15) is 13.1 Å². The van der Waals surface area contributed by atoms with Gasteiger partial charge in [-0.15, -0.1) is 0 Å². The molecule has 1 aromatic carbocycles. The highest BCUT2D eigenvalue weighted by Crippen LogP contribution is 2.31. The molecule has 1 aliphatic heterocycles. The number of hydrogen-bond donors (Lipinski definition) is 1. The maximum atomic E-state index is 12.7. The van der Waals surface area contributed by atoms with E-state index in [1.807, 2.05) is 4.90 Å². The normalized spacial score (nSPS) is 15.5. The molecule has 3 rings (SSSR count). The zero-order chi connectivity index (χ0) is 18.4. The molecule has 0 spiro atoms. The summed E-state index contributed by atoms with van der Waals surface area (Å²) in [5, 5.41) is 0.858. The van der Waals surface area contributed by atoms with Gasteiger partial charge in [-0.2, -0.15) is 0 Å². The first-order valence-corrected chi connectivity index (χ1v) is 10.6. The molecule has 0 saturated carbocycles. The van der Waals surface area contributed by atoms with Crippen molar-refractivity contribution in [2.45, 2.75) is 39.5 Å². The minimum atomic E-state index is 0.196. The molecule has 1 aliphatic rings. The van der Waals surface area contributed by atoms with Gasteiger partial charge in [-0.3, -0.25) is 9.69 Å². The van der Waals surface area contributed by atoms with E-state index in [-0.39, 0.29) is 5.91 Å². The largest absolute Gasteiger partial charge is 0.370 e. The van der Waals surface area contributed by atoms with Gasteiger partial charge in [0.2, 0.25) is 5.91 Å². The van der Waals surface area contributed by atoms with E-state index >= 15 is 0 Å². The second-order valence-electron chi connectivity index (χ2n) is 6.88. The lowest BCUT2D eigenvalue weighted by molar-refractivity contribution is -0.908. The summed E-state index contributed by atoms with van der Waals surface area (Å²) < 4.78 is 6.60. The molecule has 0 bridgehead atoms. The predicted octanol–water partition coefficient (Wildman–Crippen LogP) is 2.30. The van der Waals surface area contributed by atoms with Crippen molar-refractivity contribution < 1.29 is 14.4 Å². The number of carbonyl (C=O) groups is 1. The monoisotopic (exact) mass is 376 g/mol. The molecule has 142 valence electrons. The number of morpholine rings is 1. The molecule has 1 N–H and O–H groups in total. The summed E-state index contributed by atoms with van der Waals surface area (Å²) in [5.41, 5.74) is 2.31. The maximum absolute atomic E-state index is 12.7. The maximum Gasteiger partial charge on any atom is 0.228 e. The number of nitrogens with zero attached hydrogens (tertiary/aromatic N) is 2.